The molecule has 8 nitrogen and oxygen atoms in total. The van der Waals surface area contributed by atoms with Crippen LogP contribution in [0.25, 0.3) is 10.8 Å². The first-order valence-corrected chi connectivity index (χ1v) is 20.8. The Bertz CT molecular complexity index is 1750. The number of nitrogens with zero attached hydrogens (tertiary/aromatic N) is 1. The average Bonchev–Trinajstić information content (AvgIpc) is 3.19. The summed E-state index contributed by atoms with van der Waals surface area (Å²) in [7, 11) is 0. The predicted octanol–water partition coefficient (Wildman–Crippen LogP) is 9.55. The topological polar surface area (TPSA) is 99.0 Å². The molecule has 0 bridgehead atoms. The van der Waals surface area contributed by atoms with Crippen LogP contribution in [0.3, 0.4) is 0 Å². The van der Waals surface area contributed by atoms with Crippen molar-refractivity contribution < 1.29 is 34.0 Å². The van der Waals surface area contributed by atoms with Gasteiger partial charge in [-0.15, -0.1) is 6.58 Å². The van der Waals surface area contributed by atoms with E-state index in [0.717, 1.165) is 103 Å². The molecule has 7 unspecified atom stereocenters. The van der Waals surface area contributed by atoms with E-state index < -0.39 is 5.79 Å². The second-order valence-electron chi connectivity index (χ2n) is 14.7. The summed E-state index contributed by atoms with van der Waals surface area (Å²) in [5.41, 5.74) is 3.17. The lowest BCUT2D eigenvalue weighted by Gasteiger charge is -2.58. The number of thioether (sulfide) groups is 1. The summed E-state index contributed by atoms with van der Waals surface area (Å²) in [4.78, 5) is 6.20. The molecule has 0 spiro atoms. The summed E-state index contributed by atoms with van der Waals surface area (Å²) in [5.74, 6) is 2.56. The first kappa shape index (κ1) is 38.0. The molecule has 3 aromatic carbocycles. The van der Waals surface area contributed by atoms with Gasteiger partial charge in [-0.3, -0.25) is 0 Å². The number of benzene rings is 3. The molecule has 7 atom stereocenters. The molecule has 1 saturated carbocycles. The maximum atomic E-state index is 9.88. The number of unbranched alkanes of at least 4 members (excludes halogenated alkanes) is 2. The van der Waals surface area contributed by atoms with E-state index in [2.05, 4.69) is 56.0 Å². The van der Waals surface area contributed by atoms with Crippen LogP contribution < -0.4 is 9.47 Å². The Labute approximate surface area is 318 Å². The van der Waals surface area contributed by atoms with E-state index in [-0.39, 0.29) is 48.4 Å². The van der Waals surface area contributed by atoms with Gasteiger partial charge in [0.05, 0.1) is 30.1 Å². The van der Waals surface area contributed by atoms with Crippen LogP contribution in [-0.4, -0.2) is 65.4 Å². The fraction of sp³-hybridized carbons (Fsp3) is 0.523. The summed E-state index contributed by atoms with van der Waals surface area (Å²) in [5, 5.41) is 26.8. The molecule has 0 aromatic heterocycles. The van der Waals surface area contributed by atoms with E-state index in [0.29, 0.717) is 19.6 Å². The van der Waals surface area contributed by atoms with Gasteiger partial charge < -0.3 is 34.0 Å². The first-order valence-electron chi connectivity index (χ1n) is 19.7. The Hall–Kier alpha value is -3.34. The van der Waals surface area contributed by atoms with E-state index in [1.54, 1.807) is 0 Å². The molecule has 4 aliphatic rings. The van der Waals surface area contributed by atoms with E-state index in [1.165, 1.54) is 5.39 Å². The van der Waals surface area contributed by atoms with Gasteiger partial charge in [0.2, 0.25) is 12.1 Å². The molecule has 53 heavy (non-hydrogen) atoms. The van der Waals surface area contributed by atoms with Crippen LogP contribution in [0.15, 0.2) is 90.1 Å². The lowest BCUT2D eigenvalue weighted by molar-refractivity contribution is -0.223. The third-order valence-corrected chi connectivity index (χ3v) is 12.6. The summed E-state index contributed by atoms with van der Waals surface area (Å²) >= 11 is 1.85. The number of rotatable bonds is 17. The standard InChI is InChI=1S/C44H55NO7S/c1-3-24-49-44-40(53-4-2)29-38(45-52-41-17-9-12-25-48-41)36-27-32(15-7-10-22-46)35(16-8-11-23-47)42(43(36)44)37-28-34(20-21-39(37)51-44)50-33-19-18-30-13-5-6-14-31(30)26-33/h3,5-6,13-14,18-21,26-28,32,35,40-43,46-47H,1,4,7-12,15-17,22-25,29H2,2H3. The van der Waals surface area contributed by atoms with Crippen molar-refractivity contribution in [3.8, 4) is 17.2 Å². The zero-order chi connectivity index (χ0) is 36.6. The molecule has 0 amide bonds. The van der Waals surface area contributed by atoms with Crippen LogP contribution in [0.5, 0.6) is 17.2 Å². The monoisotopic (exact) mass is 741 g/mol. The number of oxime groups is 1. The Morgan fingerprint density at radius 2 is 1.75 bits per heavy atom. The second-order valence-corrected chi connectivity index (χ2v) is 16.2. The summed E-state index contributed by atoms with van der Waals surface area (Å²) in [6.07, 6.45) is 12.7. The summed E-state index contributed by atoms with van der Waals surface area (Å²) in [6.45, 7) is 7.59. The third kappa shape index (κ3) is 8.20. The zero-order valence-electron chi connectivity index (χ0n) is 31.0. The van der Waals surface area contributed by atoms with Crippen molar-refractivity contribution in [2.75, 3.05) is 32.2 Å². The number of ether oxygens (including phenoxy) is 4. The third-order valence-electron chi connectivity index (χ3n) is 11.4. The van der Waals surface area contributed by atoms with Gasteiger partial charge in [-0.1, -0.05) is 67.4 Å². The van der Waals surface area contributed by atoms with Crippen molar-refractivity contribution in [3.63, 3.8) is 0 Å². The first-order chi connectivity index (χ1) is 26.1. The summed E-state index contributed by atoms with van der Waals surface area (Å²) in [6, 6.07) is 20.8. The number of aliphatic hydroxyl groups is 2. The van der Waals surface area contributed by atoms with Crippen LogP contribution >= 0.6 is 11.8 Å². The maximum absolute atomic E-state index is 9.88. The fourth-order valence-corrected chi connectivity index (χ4v) is 10.2. The number of aliphatic hydroxyl groups excluding tert-OH is 2. The molecule has 1 saturated heterocycles. The summed E-state index contributed by atoms with van der Waals surface area (Å²) < 4.78 is 26.8. The van der Waals surface area contributed by atoms with Crippen molar-refractivity contribution >= 4 is 28.2 Å². The van der Waals surface area contributed by atoms with Gasteiger partial charge in [0, 0.05) is 37.5 Å². The van der Waals surface area contributed by atoms with Gasteiger partial charge in [0.15, 0.2) is 0 Å². The molecule has 2 aliphatic carbocycles. The van der Waals surface area contributed by atoms with Gasteiger partial charge in [-0.05, 0) is 103 Å². The van der Waals surface area contributed by atoms with Crippen molar-refractivity contribution in [1.29, 1.82) is 0 Å². The highest BCUT2D eigenvalue weighted by Crippen LogP contribution is 2.62. The average molecular weight is 742 g/mol. The molecule has 3 aromatic rings. The fourth-order valence-electron chi connectivity index (χ4n) is 9.02. The normalized spacial score (nSPS) is 28.4. The van der Waals surface area contributed by atoms with E-state index in [9.17, 15) is 10.2 Å². The quantitative estimate of drug-likeness (QED) is 0.0802. The molecule has 0 radical (unpaired) electrons. The smallest absolute Gasteiger partial charge is 0.230 e. The van der Waals surface area contributed by atoms with Crippen LogP contribution in [0.1, 0.15) is 82.6 Å². The molecule has 2 fully saturated rings. The van der Waals surface area contributed by atoms with Gasteiger partial charge in [-0.2, -0.15) is 11.8 Å². The van der Waals surface area contributed by atoms with Crippen LogP contribution in [0.2, 0.25) is 0 Å². The molecular formula is C44H55NO7S. The van der Waals surface area contributed by atoms with Crippen LogP contribution in [-0.2, 0) is 14.3 Å². The minimum Gasteiger partial charge on any atom is -0.460 e. The van der Waals surface area contributed by atoms with Crippen LogP contribution in [0, 0.1) is 17.8 Å². The van der Waals surface area contributed by atoms with Gasteiger partial charge >= 0.3 is 0 Å². The molecule has 7 rings (SSSR count). The second kappa shape index (κ2) is 17.9. The van der Waals surface area contributed by atoms with Crippen molar-refractivity contribution in [2.24, 2.45) is 22.9 Å². The van der Waals surface area contributed by atoms with E-state index in [4.69, 9.17) is 28.9 Å². The van der Waals surface area contributed by atoms with Crippen molar-refractivity contribution in [2.45, 2.75) is 94.4 Å². The number of allylic oxidation sites excluding steroid dienone is 1. The minimum absolute atomic E-state index is 0.0120. The molecule has 2 heterocycles. The van der Waals surface area contributed by atoms with Crippen molar-refractivity contribution in [1.82, 2.24) is 0 Å². The van der Waals surface area contributed by atoms with Crippen LogP contribution in [0.4, 0.5) is 0 Å². The minimum atomic E-state index is -0.968. The Morgan fingerprint density at radius 1 is 0.962 bits per heavy atom. The highest BCUT2D eigenvalue weighted by molar-refractivity contribution is 8.00. The van der Waals surface area contributed by atoms with Gasteiger partial charge in [-0.25, -0.2) is 0 Å². The SMILES string of the molecule is C=CCOC12Oc3ccc(Oc4ccc5ccccc5c4)cc3C3C(CCCCO)C(CCCCO)C=C(C(=NOC4CCCCO4)CC1SCC)C32. The highest BCUT2D eigenvalue weighted by Gasteiger charge is 2.63. The van der Waals surface area contributed by atoms with E-state index >= 15 is 0 Å². The lowest BCUT2D eigenvalue weighted by atomic mass is 9.56. The number of hydrogen-bond donors (Lipinski definition) is 2. The van der Waals surface area contributed by atoms with Gasteiger partial charge in [0.1, 0.15) is 17.2 Å². The highest BCUT2D eigenvalue weighted by atomic mass is 32.2. The molecular weight excluding hydrogens is 687 g/mol. The Balaban J connectivity index is 1.36. The van der Waals surface area contributed by atoms with Crippen molar-refractivity contribution in [3.05, 3.63) is 90.5 Å². The number of hydrogen-bond acceptors (Lipinski definition) is 9. The Kier molecular flexibility index (Phi) is 12.8. The molecule has 2 N–H and O–H groups in total. The molecule has 9 heteroatoms. The lowest BCUT2D eigenvalue weighted by Crippen LogP contribution is -2.64. The maximum Gasteiger partial charge on any atom is 0.230 e. The predicted molar refractivity (Wildman–Crippen MR) is 212 cm³/mol. The van der Waals surface area contributed by atoms with Gasteiger partial charge in [0.25, 0.3) is 0 Å². The number of fused-ring (bicyclic) bond motifs is 3. The Morgan fingerprint density at radius 3 is 2.53 bits per heavy atom. The molecule has 2 aliphatic heterocycles. The largest absolute Gasteiger partial charge is 0.460 e. The zero-order valence-corrected chi connectivity index (χ0v) is 31.8. The van der Waals surface area contributed by atoms with E-state index in [1.807, 2.05) is 42.1 Å². The molecule has 284 valence electrons.